The molecule has 1 atom stereocenters. The summed E-state index contributed by atoms with van der Waals surface area (Å²) in [6.45, 7) is 7.26. The molecule has 1 unspecified atom stereocenters. The van der Waals surface area contributed by atoms with Crippen molar-refractivity contribution in [3.05, 3.63) is 18.0 Å². The second kappa shape index (κ2) is 5.46. The number of methoxy groups -OCH3 is 1. The van der Waals surface area contributed by atoms with E-state index >= 15 is 0 Å². The minimum Gasteiger partial charge on any atom is -0.377 e. The fraction of sp³-hybridized carbons (Fsp3) is 0.750. The lowest BCUT2D eigenvalue weighted by Crippen LogP contribution is -2.40. The Kier molecular flexibility index (Phi) is 4.50. The minimum atomic E-state index is -0.250. The van der Waals surface area contributed by atoms with Crippen LogP contribution in [-0.4, -0.2) is 29.5 Å². The highest BCUT2D eigenvalue weighted by molar-refractivity contribution is 5.11. The summed E-state index contributed by atoms with van der Waals surface area (Å²) in [5, 5.41) is 7.65. The van der Waals surface area contributed by atoms with Gasteiger partial charge in [-0.15, -0.1) is 0 Å². The zero-order valence-corrected chi connectivity index (χ0v) is 10.9. The van der Waals surface area contributed by atoms with Crippen LogP contribution in [-0.2, 0) is 11.3 Å². The van der Waals surface area contributed by atoms with Gasteiger partial charge in [0.05, 0.1) is 17.3 Å². The normalized spacial score (nSPS) is 14.1. The number of nitrogens with zero attached hydrogens (tertiary/aromatic N) is 2. The van der Waals surface area contributed by atoms with Gasteiger partial charge in [-0.3, -0.25) is 4.68 Å². The quantitative estimate of drug-likeness (QED) is 0.804. The van der Waals surface area contributed by atoms with Gasteiger partial charge in [-0.2, -0.15) is 5.10 Å². The summed E-state index contributed by atoms with van der Waals surface area (Å²) >= 11 is 0. The maximum absolute atomic E-state index is 5.54. The molecule has 1 rings (SSSR count). The van der Waals surface area contributed by atoms with Crippen molar-refractivity contribution < 1.29 is 4.74 Å². The van der Waals surface area contributed by atoms with Gasteiger partial charge in [-0.1, -0.05) is 6.92 Å². The Bertz CT molecular complexity index is 320. The molecule has 0 aromatic carbocycles. The van der Waals surface area contributed by atoms with E-state index in [1.54, 1.807) is 7.11 Å². The van der Waals surface area contributed by atoms with Crippen molar-refractivity contribution >= 4 is 0 Å². The number of hydrogen-bond acceptors (Lipinski definition) is 3. The van der Waals surface area contributed by atoms with Crippen LogP contribution in [0.15, 0.2) is 12.3 Å². The molecule has 0 fully saturated rings. The molecule has 16 heavy (non-hydrogen) atoms. The second-order valence-electron chi connectivity index (χ2n) is 4.51. The molecular formula is C12H23N3O. The highest BCUT2D eigenvalue weighted by atomic mass is 16.5. The number of hydrogen-bond donors (Lipinski definition) is 1. The molecule has 0 aliphatic heterocycles. The average molecular weight is 225 g/mol. The fourth-order valence-corrected chi connectivity index (χ4v) is 1.96. The van der Waals surface area contributed by atoms with E-state index in [1.165, 1.54) is 5.69 Å². The van der Waals surface area contributed by atoms with Crippen molar-refractivity contribution in [3.8, 4) is 0 Å². The molecule has 0 radical (unpaired) electrons. The van der Waals surface area contributed by atoms with Crippen LogP contribution < -0.4 is 5.32 Å². The van der Waals surface area contributed by atoms with Gasteiger partial charge in [0.15, 0.2) is 0 Å². The van der Waals surface area contributed by atoms with Crippen molar-refractivity contribution in [3.63, 3.8) is 0 Å². The number of rotatable bonds is 6. The molecule has 0 amide bonds. The molecule has 1 aromatic heterocycles. The van der Waals surface area contributed by atoms with Crippen molar-refractivity contribution in [2.24, 2.45) is 0 Å². The smallest absolute Gasteiger partial charge is 0.0831 e. The first kappa shape index (κ1) is 13.2. The van der Waals surface area contributed by atoms with Gasteiger partial charge in [0.25, 0.3) is 0 Å². The van der Waals surface area contributed by atoms with Crippen molar-refractivity contribution in [1.29, 1.82) is 0 Å². The highest BCUT2D eigenvalue weighted by Gasteiger charge is 2.31. The van der Waals surface area contributed by atoms with Crippen LogP contribution in [0.5, 0.6) is 0 Å². The highest BCUT2D eigenvalue weighted by Crippen LogP contribution is 2.27. The van der Waals surface area contributed by atoms with Crippen LogP contribution in [0.2, 0.25) is 0 Å². The van der Waals surface area contributed by atoms with Gasteiger partial charge >= 0.3 is 0 Å². The van der Waals surface area contributed by atoms with E-state index in [0.717, 1.165) is 13.0 Å². The Morgan fingerprint density at radius 3 is 2.75 bits per heavy atom. The number of likely N-dealkylation sites (N-methyl/N-ethyl adjacent to an activating group) is 1. The van der Waals surface area contributed by atoms with E-state index in [-0.39, 0.29) is 11.6 Å². The summed E-state index contributed by atoms with van der Waals surface area (Å²) < 4.78 is 7.59. The molecule has 1 heterocycles. The lowest BCUT2D eigenvalue weighted by Gasteiger charge is -2.33. The molecule has 0 bridgehead atoms. The molecule has 0 saturated carbocycles. The summed E-state index contributed by atoms with van der Waals surface area (Å²) in [5.41, 5.74) is 0.927. The van der Waals surface area contributed by atoms with Crippen LogP contribution in [0.25, 0.3) is 0 Å². The van der Waals surface area contributed by atoms with Crippen LogP contribution in [0.4, 0.5) is 0 Å². The van der Waals surface area contributed by atoms with E-state index in [4.69, 9.17) is 4.74 Å². The molecule has 1 N–H and O–H groups in total. The third kappa shape index (κ3) is 2.62. The second-order valence-corrected chi connectivity index (χ2v) is 4.51. The van der Waals surface area contributed by atoms with Gasteiger partial charge in [0.2, 0.25) is 0 Å². The Morgan fingerprint density at radius 1 is 1.56 bits per heavy atom. The fourth-order valence-electron chi connectivity index (χ4n) is 1.96. The van der Waals surface area contributed by atoms with E-state index in [9.17, 15) is 0 Å². The molecule has 4 nitrogen and oxygen atoms in total. The Morgan fingerprint density at radius 2 is 2.25 bits per heavy atom. The van der Waals surface area contributed by atoms with Crippen LogP contribution in [0.1, 0.15) is 38.9 Å². The number of nitrogens with one attached hydrogen (secondary N) is 1. The number of aryl methyl sites for hydroxylation is 1. The van der Waals surface area contributed by atoms with E-state index < -0.39 is 0 Å². The monoisotopic (exact) mass is 225 g/mol. The lowest BCUT2D eigenvalue weighted by molar-refractivity contribution is -0.0114. The first-order valence-corrected chi connectivity index (χ1v) is 5.81. The molecule has 4 heteroatoms. The van der Waals surface area contributed by atoms with Gasteiger partial charge in [0.1, 0.15) is 0 Å². The zero-order valence-electron chi connectivity index (χ0n) is 10.9. The SMILES string of the molecule is CCCn1nccc1C(NC)C(C)(C)OC. The minimum absolute atomic E-state index is 0.145. The summed E-state index contributed by atoms with van der Waals surface area (Å²) in [4.78, 5) is 0. The molecule has 0 aliphatic carbocycles. The number of ether oxygens (including phenoxy) is 1. The predicted molar refractivity (Wildman–Crippen MR) is 65.4 cm³/mol. The zero-order chi connectivity index (χ0) is 12.2. The maximum atomic E-state index is 5.54. The molecule has 92 valence electrons. The maximum Gasteiger partial charge on any atom is 0.0831 e. The van der Waals surface area contributed by atoms with Gasteiger partial charge < -0.3 is 10.1 Å². The van der Waals surface area contributed by atoms with E-state index in [0.29, 0.717) is 0 Å². The predicted octanol–water partition coefficient (Wildman–Crippen LogP) is 1.98. The summed E-state index contributed by atoms with van der Waals surface area (Å²) in [6.07, 6.45) is 2.93. The van der Waals surface area contributed by atoms with Gasteiger partial charge in [-0.25, -0.2) is 0 Å². The Hall–Kier alpha value is -0.870. The third-order valence-electron chi connectivity index (χ3n) is 2.99. The van der Waals surface area contributed by atoms with Crippen LogP contribution in [0, 0.1) is 0 Å². The molecular weight excluding hydrogens is 202 g/mol. The van der Waals surface area contributed by atoms with E-state index in [2.05, 4.69) is 37.3 Å². The van der Waals surface area contributed by atoms with Crippen molar-refractivity contribution in [1.82, 2.24) is 15.1 Å². The lowest BCUT2D eigenvalue weighted by atomic mass is 9.95. The Labute approximate surface area is 98.0 Å². The third-order valence-corrected chi connectivity index (χ3v) is 2.99. The molecule has 0 spiro atoms. The summed E-state index contributed by atoms with van der Waals surface area (Å²) in [5.74, 6) is 0. The molecule has 0 aliphatic rings. The largest absolute Gasteiger partial charge is 0.377 e. The first-order chi connectivity index (χ1) is 7.56. The molecule has 1 aromatic rings. The van der Waals surface area contributed by atoms with Crippen LogP contribution in [0.3, 0.4) is 0 Å². The van der Waals surface area contributed by atoms with Gasteiger partial charge in [-0.05, 0) is 33.4 Å². The number of aromatic nitrogens is 2. The summed E-state index contributed by atoms with van der Waals surface area (Å²) in [7, 11) is 3.69. The summed E-state index contributed by atoms with van der Waals surface area (Å²) in [6, 6.07) is 2.20. The average Bonchev–Trinajstić information content (AvgIpc) is 2.68. The van der Waals surface area contributed by atoms with Crippen molar-refractivity contribution in [2.75, 3.05) is 14.2 Å². The van der Waals surface area contributed by atoms with Crippen LogP contribution >= 0.6 is 0 Å². The standard InChI is InChI=1S/C12H23N3O/c1-6-9-15-10(7-8-14-15)11(13-4)12(2,3)16-5/h7-8,11,13H,6,9H2,1-5H3. The van der Waals surface area contributed by atoms with Crippen molar-refractivity contribution in [2.45, 2.75) is 45.4 Å². The Balaban J connectivity index is 2.99. The molecule has 0 saturated heterocycles. The topological polar surface area (TPSA) is 39.1 Å². The first-order valence-electron chi connectivity index (χ1n) is 5.81. The van der Waals surface area contributed by atoms with Gasteiger partial charge in [0, 0.05) is 19.9 Å². The van der Waals surface area contributed by atoms with E-state index in [1.807, 2.05) is 17.9 Å².